The van der Waals surface area contributed by atoms with Crippen molar-refractivity contribution in [2.24, 2.45) is 0 Å². The second kappa shape index (κ2) is 6.51. The van der Waals surface area contributed by atoms with E-state index in [1.807, 2.05) is 11.5 Å². The van der Waals surface area contributed by atoms with Crippen molar-refractivity contribution in [3.8, 4) is 0 Å². The fourth-order valence-electron chi connectivity index (χ4n) is 1.96. The van der Waals surface area contributed by atoms with Gasteiger partial charge in [-0.25, -0.2) is 4.98 Å². The number of nitrogens with zero attached hydrogens (tertiary/aromatic N) is 2. The van der Waals surface area contributed by atoms with E-state index in [0.717, 1.165) is 25.2 Å². The Morgan fingerprint density at radius 1 is 1.72 bits per heavy atom. The van der Waals surface area contributed by atoms with E-state index in [2.05, 4.69) is 15.6 Å². The maximum absolute atomic E-state index is 11.7. The number of nitrogens with one attached hydrogen (secondary N) is 2. The van der Waals surface area contributed by atoms with E-state index in [4.69, 9.17) is 4.74 Å². The summed E-state index contributed by atoms with van der Waals surface area (Å²) >= 11 is 0. The largest absolute Gasteiger partial charge is 0.369 e. The molecule has 6 nitrogen and oxygen atoms in total. The molecule has 1 aliphatic rings. The van der Waals surface area contributed by atoms with Gasteiger partial charge in [0.15, 0.2) is 0 Å². The number of rotatable bonds is 5. The number of ether oxygens (including phenoxy) is 1. The van der Waals surface area contributed by atoms with Crippen molar-refractivity contribution >= 4 is 5.91 Å². The van der Waals surface area contributed by atoms with Gasteiger partial charge in [-0.2, -0.15) is 0 Å². The van der Waals surface area contributed by atoms with Crippen LogP contribution in [0.15, 0.2) is 12.5 Å². The van der Waals surface area contributed by atoms with Crippen LogP contribution in [0.1, 0.15) is 25.1 Å². The summed E-state index contributed by atoms with van der Waals surface area (Å²) in [6, 6.07) is 0. The maximum Gasteiger partial charge on any atom is 0.239 e. The molecule has 0 aliphatic carbocycles. The molecule has 0 bridgehead atoms. The Kier molecular flexibility index (Phi) is 4.72. The molecule has 6 heteroatoms. The molecule has 1 saturated heterocycles. The van der Waals surface area contributed by atoms with Crippen molar-refractivity contribution in [3.05, 3.63) is 18.2 Å². The van der Waals surface area contributed by atoms with E-state index in [1.165, 1.54) is 0 Å². The molecule has 100 valence electrons. The highest BCUT2D eigenvalue weighted by Gasteiger charge is 2.20. The van der Waals surface area contributed by atoms with Gasteiger partial charge in [-0.3, -0.25) is 4.79 Å². The number of morpholine rings is 1. The average molecular weight is 252 g/mol. The molecule has 0 aromatic carbocycles. The van der Waals surface area contributed by atoms with E-state index >= 15 is 0 Å². The highest BCUT2D eigenvalue weighted by Crippen LogP contribution is 2.17. The molecule has 18 heavy (non-hydrogen) atoms. The molecule has 2 N–H and O–H groups in total. The van der Waals surface area contributed by atoms with Gasteiger partial charge >= 0.3 is 0 Å². The van der Waals surface area contributed by atoms with Crippen molar-refractivity contribution in [1.82, 2.24) is 20.2 Å². The van der Waals surface area contributed by atoms with Crippen LogP contribution in [0.25, 0.3) is 0 Å². The molecular formula is C12H20N4O2. The third-order valence-corrected chi connectivity index (χ3v) is 2.89. The van der Waals surface area contributed by atoms with Gasteiger partial charge in [-0.15, -0.1) is 0 Å². The minimum atomic E-state index is -0.0137. The van der Waals surface area contributed by atoms with Gasteiger partial charge in [-0.05, 0) is 6.42 Å². The van der Waals surface area contributed by atoms with Gasteiger partial charge in [0.25, 0.3) is 0 Å². The van der Waals surface area contributed by atoms with Crippen LogP contribution in [0.5, 0.6) is 0 Å². The zero-order chi connectivity index (χ0) is 12.8. The number of aromatic nitrogens is 2. The third kappa shape index (κ3) is 3.30. The van der Waals surface area contributed by atoms with Gasteiger partial charge in [0.1, 0.15) is 12.6 Å². The lowest BCUT2D eigenvalue weighted by Crippen LogP contribution is -2.35. The standard InChI is InChI=1S/C12H20N4O2/c1-2-3-15-12(17)8-16-9-14-6-10(16)11-7-13-4-5-18-11/h6,9,11,13H,2-5,7-8H2,1H3,(H,15,17). The summed E-state index contributed by atoms with van der Waals surface area (Å²) in [6.07, 6.45) is 4.38. The number of carbonyl (C=O) groups is 1. The number of amides is 1. The van der Waals surface area contributed by atoms with Crippen LogP contribution < -0.4 is 10.6 Å². The predicted molar refractivity (Wildman–Crippen MR) is 67.1 cm³/mol. The van der Waals surface area contributed by atoms with Crippen LogP contribution in [0.2, 0.25) is 0 Å². The summed E-state index contributed by atoms with van der Waals surface area (Å²) in [7, 11) is 0. The molecule has 1 fully saturated rings. The Labute approximate surface area is 107 Å². The highest BCUT2D eigenvalue weighted by atomic mass is 16.5. The molecule has 2 rings (SSSR count). The fraction of sp³-hybridized carbons (Fsp3) is 0.667. The zero-order valence-corrected chi connectivity index (χ0v) is 10.7. The van der Waals surface area contributed by atoms with Crippen molar-refractivity contribution < 1.29 is 9.53 Å². The van der Waals surface area contributed by atoms with E-state index in [0.29, 0.717) is 19.7 Å². The van der Waals surface area contributed by atoms with E-state index in [9.17, 15) is 4.79 Å². The zero-order valence-electron chi connectivity index (χ0n) is 10.7. The molecule has 1 aliphatic heterocycles. The SMILES string of the molecule is CCCNC(=O)Cn1cncc1C1CNCCO1. The Balaban J connectivity index is 1.96. The second-order valence-corrected chi connectivity index (χ2v) is 4.36. The summed E-state index contributed by atoms with van der Waals surface area (Å²) in [6.45, 7) is 5.38. The van der Waals surface area contributed by atoms with Crippen LogP contribution in [0.3, 0.4) is 0 Å². The van der Waals surface area contributed by atoms with E-state index < -0.39 is 0 Å². The van der Waals surface area contributed by atoms with Gasteiger partial charge in [0, 0.05) is 19.6 Å². The third-order valence-electron chi connectivity index (χ3n) is 2.89. The lowest BCUT2D eigenvalue weighted by molar-refractivity contribution is -0.121. The predicted octanol–water partition coefficient (Wildman–Crippen LogP) is 0.0702. The Hall–Kier alpha value is -1.40. The Bertz CT molecular complexity index is 385. The van der Waals surface area contributed by atoms with E-state index in [-0.39, 0.29) is 12.0 Å². The van der Waals surface area contributed by atoms with E-state index in [1.54, 1.807) is 12.5 Å². The minimum Gasteiger partial charge on any atom is -0.369 e. The lowest BCUT2D eigenvalue weighted by Gasteiger charge is -2.24. The summed E-state index contributed by atoms with van der Waals surface area (Å²) in [4.78, 5) is 15.8. The van der Waals surface area contributed by atoms with Crippen molar-refractivity contribution in [2.45, 2.75) is 26.0 Å². The van der Waals surface area contributed by atoms with Crippen LogP contribution in [-0.4, -0.2) is 41.7 Å². The quantitative estimate of drug-likeness (QED) is 0.778. The molecule has 1 unspecified atom stereocenters. The van der Waals surface area contributed by atoms with Crippen LogP contribution in [0.4, 0.5) is 0 Å². The normalized spacial score (nSPS) is 19.7. The fourth-order valence-corrected chi connectivity index (χ4v) is 1.96. The summed E-state index contributed by atoms with van der Waals surface area (Å²) < 4.78 is 7.52. The van der Waals surface area contributed by atoms with Crippen LogP contribution in [-0.2, 0) is 16.1 Å². The summed E-state index contributed by atoms with van der Waals surface area (Å²) in [5.41, 5.74) is 0.953. The number of carbonyl (C=O) groups excluding carboxylic acids is 1. The second-order valence-electron chi connectivity index (χ2n) is 4.36. The Morgan fingerprint density at radius 2 is 2.61 bits per heavy atom. The smallest absolute Gasteiger partial charge is 0.239 e. The molecule has 0 spiro atoms. The first-order chi connectivity index (χ1) is 8.81. The minimum absolute atomic E-state index is 0.0137. The summed E-state index contributed by atoms with van der Waals surface area (Å²) in [5.74, 6) is 0.0138. The monoisotopic (exact) mass is 252 g/mol. The first-order valence-corrected chi connectivity index (χ1v) is 6.40. The molecule has 2 heterocycles. The lowest BCUT2D eigenvalue weighted by atomic mass is 10.2. The van der Waals surface area contributed by atoms with Crippen molar-refractivity contribution in [3.63, 3.8) is 0 Å². The number of imidazole rings is 1. The first-order valence-electron chi connectivity index (χ1n) is 6.40. The molecular weight excluding hydrogens is 232 g/mol. The first kappa shape index (κ1) is 13.0. The molecule has 1 aromatic rings. The average Bonchev–Trinajstić information content (AvgIpc) is 2.85. The number of hydrogen-bond acceptors (Lipinski definition) is 4. The molecule has 0 radical (unpaired) electrons. The van der Waals surface area contributed by atoms with Gasteiger partial charge in [-0.1, -0.05) is 6.92 Å². The molecule has 1 aromatic heterocycles. The number of hydrogen-bond donors (Lipinski definition) is 2. The summed E-state index contributed by atoms with van der Waals surface area (Å²) in [5, 5.41) is 6.13. The van der Waals surface area contributed by atoms with Crippen molar-refractivity contribution in [1.29, 1.82) is 0 Å². The molecule has 0 saturated carbocycles. The molecule has 1 amide bonds. The molecule has 1 atom stereocenters. The van der Waals surface area contributed by atoms with Gasteiger partial charge < -0.3 is 19.9 Å². The van der Waals surface area contributed by atoms with Gasteiger partial charge in [0.2, 0.25) is 5.91 Å². The van der Waals surface area contributed by atoms with Gasteiger partial charge in [0.05, 0.1) is 24.8 Å². The van der Waals surface area contributed by atoms with Crippen LogP contribution in [0, 0.1) is 0 Å². The van der Waals surface area contributed by atoms with Crippen LogP contribution >= 0.6 is 0 Å². The maximum atomic E-state index is 11.7. The van der Waals surface area contributed by atoms with Crippen molar-refractivity contribution in [2.75, 3.05) is 26.2 Å². The Morgan fingerprint density at radius 3 is 3.33 bits per heavy atom. The highest BCUT2D eigenvalue weighted by molar-refractivity contribution is 5.75. The topological polar surface area (TPSA) is 68.2 Å².